The monoisotopic (exact) mass is 289 g/mol. The predicted octanol–water partition coefficient (Wildman–Crippen LogP) is 1.35. The number of methoxy groups -OCH3 is 1. The van der Waals surface area contributed by atoms with Crippen LogP contribution in [0.3, 0.4) is 0 Å². The largest absolute Gasteiger partial charge is 0.466 e. The van der Waals surface area contributed by atoms with Gasteiger partial charge in [0.05, 0.1) is 33.2 Å². The molecule has 7 nitrogen and oxygen atoms in total. The molecule has 0 bridgehead atoms. The van der Waals surface area contributed by atoms with Crippen LogP contribution in [0.15, 0.2) is 0 Å². The third-order valence-electron chi connectivity index (χ3n) is 2.57. The smallest absolute Gasteiger partial charge is 0.409 e. The summed E-state index contributed by atoms with van der Waals surface area (Å²) in [6.07, 6.45) is -0.492. The number of esters is 2. The number of carbonyl (C=O) groups is 3. The summed E-state index contributed by atoms with van der Waals surface area (Å²) >= 11 is 0. The zero-order valence-corrected chi connectivity index (χ0v) is 12.5. The van der Waals surface area contributed by atoms with Gasteiger partial charge in [0.1, 0.15) is 0 Å². The maximum Gasteiger partial charge on any atom is 0.409 e. The number of nitrogens with zero attached hydrogens (tertiary/aromatic N) is 1. The van der Waals surface area contributed by atoms with Crippen molar-refractivity contribution in [3.63, 3.8) is 0 Å². The zero-order chi connectivity index (χ0) is 15.5. The molecule has 1 atom stereocenters. The SMILES string of the molecule is CCOC(=O)CCN(C(=O)OC)C(C)CC(=O)OCC. The molecule has 0 saturated carbocycles. The molecule has 116 valence electrons. The molecule has 20 heavy (non-hydrogen) atoms. The zero-order valence-electron chi connectivity index (χ0n) is 12.5. The van der Waals surface area contributed by atoms with Gasteiger partial charge in [-0.2, -0.15) is 0 Å². The van der Waals surface area contributed by atoms with Crippen LogP contribution >= 0.6 is 0 Å². The van der Waals surface area contributed by atoms with Crippen LogP contribution in [0.5, 0.6) is 0 Å². The summed E-state index contributed by atoms with van der Waals surface area (Å²) in [7, 11) is 1.25. The van der Waals surface area contributed by atoms with Gasteiger partial charge in [0.2, 0.25) is 0 Å². The summed E-state index contributed by atoms with van der Waals surface area (Å²) in [6, 6.07) is -0.420. The van der Waals surface area contributed by atoms with Gasteiger partial charge in [-0.15, -0.1) is 0 Å². The van der Waals surface area contributed by atoms with E-state index in [0.29, 0.717) is 0 Å². The van der Waals surface area contributed by atoms with Crippen molar-refractivity contribution in [3.8, 4) is 0 Å². The van der Waals surface area contributed by atoms with E-state index in [-0.39, 0.29) is 32.6 Å². The molecule has 0 fully saturated rings. The van der Waals surface area contributed by atoms with Gasteiger partial charge in [-0.05, 0) is 20.8 Å². The Bertz CT molecular complexity index is 331. The Hall–Kier alpha value is -1.79. The highest BCUT2D eigenvalue weighted by molar-refractivity contribution is 5.74. The first-order chi connectivity index (χ1) is 9.46. The van der Waals surface area contributed by atoms with Gasteiger partial charge in [-0.1, -0.05) is 0 Å². The van der Waals surface area contributed by atoms with E-state index in [1.807, 2.05) is 0 Å². The molecular formula is C13H23NO6. The number of hydrogen-bond acceptors (Lipinski definition) is 6. The van der Waals surface area contributed by atoms with E-state index >= 15 is 0 Å². The summed E-state index contributed by atoms with van der Waals surface area (Å²) < 4.78 is 14.3. The molecule has 1 amide bonds. The number of hydrogen-bond donors (Lipinski definition) is 0. The second kappa shape index (κ2) is 10.1. The highest BCUT2D eigenvalue weighted by Gasteiger charge is 2.24. The average molecular weight is 289 g/mol. The molecule has 7 heteroatoms. The van der Waals surface area contributed by atoms with E-state index in [1.165, 1.54) is 12.0 Å². The van der Waals surface area contributed by atoms with Crippen molar-refractivity contribution in [1.82, 2.24) is 4.90 Å². The van der Waals surface area contributed by atoms with Gasteiger partial charge in [0.25, 0.3) is 0 Å². The molecule has 0 aliphatic carbocycles. The van der Waals surface area contributed by atoms with Crippen LogP contribution in [0.25, 0.3) is 0 Å². The van der Waals surface area contributed by atoms with Crippen molar-refractivity contribution >= 4 is 18.0 Å². The van der Waals surface area contributed by atoms with E-state index in [9.17, 15) is 14.4 Å². The van der Waals surface area contributed by atoms with Crippen LogP contribution in [-0.2, 0) is 23.8 Å². The van der Waals surface area contributed by atoms with Crippen molar-refractivity contribution in [3.05, 3.63) is 0 Å². The van der Waals surface area contributed by atoms with Gasteiger partial charge >= 0.3 is 18.0 Å². The number of carbonyl (C=O) groups excluding carboxylic acids is 3. The second-order valence-electron chi connectivity index (χ2n) is 4.08. The Morgan fingerprint density at radius 3 is 2.10 bits per heavy atom. The van der Waals surface area contributed by atoms with Crippen molar-refractivity contribution in [2.75, 3.05) is 26.9 Å². The fourth-order valence-corrected chi connectivity index (χ4v) is 1.63. The van der Waals surface area contributed by atoms with E-state index in [0.717, 1.165) is 0 Å². The molecule has 0 radical (unpaired) electrons. The van der Waals surface area contributed by atoms with E-state index in [2.05, 4.69) is 4.74 Å². The van der Waals surface area contributed by atoms with Crippen LogP contribution in [0.2, 0.25) is 0 Å². The van der Waals surface area contributed by atoms with Crippen molar-refractivity contribution in [2.24, 2.45) is 0 Å². The number of ether oxygens (including phenoxy) is 3. The van der Waals surface area contributed by atoms with Crippen molar-refractivity contribution < 1.29 is 28.6 Å². The molecule has 0 spiro atoms. The minimum absolute atomic E-state index is 0.0474. The fraction of sp³-hybridized carbons (Fsp3) is 0.769. The van der Waals surface area contributed by atoms with Gasteiger partial charge < -0.3 is 19.1 Å². The average Bonchev–Trinajstić information content (AvgIpc) is 2.39. The lowest BCUT2D eigenvalue weighted by Gasteiger charge is -2.26. The second-order valence-corrected chi connectivity index (χ2v) is 4.08. The van der Waals surface area contributed by atoms with Crippen LogP contribution in [0, 0.1) is 0 Å². The molecule has 0 N–H and O–H groups in total. The Labute approximate surface area is 119 Å². The molecule has 0 aromatic rings. The molecule has 0 rings (SSSR count). The Morgan fingerprint density at radius 2 is 1.60 bits per heavy atom. The topological polar surface area (TPSA) is 82.1 Å². The van der Waals surface area contributed by atoms with Gasteiger partial charge in [0.15, 0.2) is 0 Å². The minimum atomic E-state index is -0.592. The summed E-state index contributed by atoms with van der Waals surface area (Å²) in [6.45, 7) is 5.81. The maximum absolute atomic E-state index is 11.7. The van der Waals surface area contributed by atoms with Gasteiger partial charge in [0, 0.05) is 12.6 Å². The normalized spacial score (nSPS) is 11.4. The lowest BCUT2D eigenvalue weighted by atomic mass is 10.2. The first-order valence-electron chi connectivity index (χ1n) is 6.62. The Morgan fingerprint density at radius 1 is 1.05 bits per heavy atom. The summed E-state index contributed by atoms with van der Waals surface area (Å²) in [5.41, 5.74) is 0. The van der Waals surface area contributed by atoms with Gasteiger partial charge in [-0.25, -0.2) is 4.79 Å². The van der Waals surface area contributed by atoms with E-state index in [1.54, 1.807) is 20.8 Å². The fourth-order valence-electron chi connectivity index (χ4n) is 1.63. The highest BCUT2D eigenvalue weighted by atomic mass is 16.5. The molecule has 1 unspecified atom stereocenters. The standard InChI is InChI=1S/C13H23NO6/c1-5-19-11(15)7-8-14(13(17)18-4)10(3)9-12(16)20-6-2/h10H,5-9H2,1-4H3. The van der Waals surface area contributed by atoms with Crippen molar-refractivity contribution in [2.45, 2.75) is 39.7 Å². The lowest BCUT2D eigenvalue weighted by Crippen LogP contribution is -2.41. The van der Waals surface area contributed by atoms with E-state index < -0.39 is 24.1 Å². The predicted molar refractivity (Wildman–Crippen MR) is 71.1 cm³/mol. The van der Waals surface area contributed by atoms with Crippen LogP contribution < -0.4 is 0 Å². The molecule has 0 heterocycles. The van der Waals surface area contributed by atoms with Crippen molar-refractivity contribution in [1.29, 1.82) is 0 Å². The summed E-state index contributed by atoms with van der Waals surface area (Å²) in [5, 5.41) is 0. The number of amides is 1. The summed E-state index contributed by atoms with van der Waals surface area (Å²) in [4.78, 5) is 35.7. The first-order valence-corrected chi connectivity index (χ1v) is 6.62. The summed E-state index contributed by atoms with van der Waals surface area (Å²) in [5.74, 6) is -0.797. The Balaban J connectivity index is 4.50. The molecular weight excluding hydrogens is 266 g/mol. The quantitative estimate of drug-likeness (QED) is 0.495. The van der Waals surface area contributed by atoms with E-state index in [4.69, 9.17) is 9.47 Å². The van der Waals surface area contributed by atoms with Crippen LogP contribution in [-0.4, -0.2) is 55.8 Å². The molecule has 0 aliphatic rings. The molecule has 0 aromatic heterocycles. The first kappa shape index (κ1) is 18.2. The maximum atomic E-state index is 11.7. The number of rotatable bonds is 8. The van der Waals surface area contributed by atoms with Gasteiger partial charge in [-0.3, -0.25) is 9.59 Å². The molecule has 0 saturated heterocycles. The van der Waals surface area contributed by atoms with Crippen LogP contribution in [0.1, 0.15) is 33.6 Å². The lowest BCUT2D eigenvalue weighted by molar-refractivity contribution is -0.144. The van der Waals surface area contributed by atoms with Crippen LogP contribution in [0.4, 0.5) is 4.79 Å². The molecule has 0 aromatic carbocycles. The third-order valence-corrected chi connectivity index (χ3v) is 2.57. The highest BCUT2D eigenvalue weighted by Crippen LogP contribution is 2.09. The third kappa shape index (κ3) is 6.96. The minimum Gasteiger partial charge on any atom is -0.466 e. The Kier molecular flexibility index (Phi) is 9.15. The molecule has 0 aliphatic heterocycles.